The van der Waals surface area contributed by atoms with Crippen molar-refractivity contribution in [2.75, 3.05) is 13.1 Å². The molecule has 0 aliphatic carbocycles. The monoisotopic (exact) mass is 295 g/mol. The topological polar surface area (TPSA) is 59.2 Å². The number of carbonyl (C=O) groups excluding carboxylic acids is 1. The van der Waals surface area contributed by atoms with Crippen LogP contribution >= 0.6 is 11.3 Å². The van der Waals surface area contributed by atoms with E-state index in [1.807, 2.05) is 11.8 Å². The first-order chi connectivity index (χ1) is 9.35. The highest BCUT2D eigenvalue weighted by Crippen LogP contribution is 2.30. The lowest BCUT2D eigenvalue weighted by molar-refractivity contribution is 0.0536. The van der Waals surface area contributed by atoms with E-state index in [0.29, 0.717) is 0 Å². The number of hydrogen-bond donors (Lipinski definition) is 1. The molecule has 0 bridgehead atoms. The Morgan fingerprint density at radius 1 is 1.55 bits per heavy atom. The largest absolute Gasteiger partial charge is 0.337 e. The van der Waals surface area contributed by atoms with Crippen molar-refractivity contribution >= 4 is 17.2 Å². The highest BCUT2D eigenvalue weighted by Gasteiger charge is 2.36. The number of thiazole rings is 1. The molecule has 0 saturated carbocycles. The van der Waals surface area contributed by atoms with Crippen molar-refractivity contribution in [3.8, 4) is 0 Å². The van der Waals surface area contributed by atoms with Crippen LogP contribution in [0.4, 0.5) is 0 Å². The maximum Gasteiger partial charge on any atom is 0.265 e. The zero-order valence-corrected chi connectivity index (χ0v) is 13.7. The lowest BCUT2D eigenvalue weighted by Crippen LogP contribution is -2.53. The molecule has 0 spiro atoms. The fraction of sp³-hybridized carbons (Fsp3) is 0.733. The van der Waals surface area contributed by atoms with E-state index in [4.69, 9.17) is 5.73 Å². The molecule has 1 atom stereocenters. The zero-order valence-electron chi connectivity index (χ0n) is 12.9. The third-order valence-corrected chi connectivity index (χ3v) is 5.30. The molecule has 1 aromatic heterocycles. The van der Waals surface area contributed by atoms with Crippen LogP contribution in [0.1, 0.15) is 54.0 Å². The molecule has 0 aromatic carbocycles. The fourth-order valence-electron chi connectivity index (χ4n) is 2.66. The van der Waals surface area contributed by atoms with Gasteiger partial charge in [0.1, 0.15) is 4.88 Å². The van der Waals surface area contributed by atoms with Gasteiger partial charge in [0.05, 0.1) is 10.7 Å². The first-order valence-corrected chi connectivity index (χ1v) is 8.18. The van der Waals surface area contributed by atoms with Gasteiger partial charge in [0.15, 0.2) is 0 Å². The molecule has 2 N–H and O–H groups in total. The van der Waals surface area contributed by atoms with Crippen LogP contribution in [-0.2, 0) is 6.42 Å². The number of piperidine rings is 1. The lowest BCUT2D eigenvalue weighted by Gasteiger charge is -2.42. The van der Waals surface area contributed by atoms with E-state index in [1.165, 1.54) is 0 Å². The number of carbonyl (C=O) groups is 1. The Morgan fingerprint density at radius 3 is 2.85 bits per heavy atom. The van der Waals surface area contributed by atoms with Crippen LogP contribution < -0.4 is 5.73 Å². The predicted molar refractivity (Wildman–Crippen MR) is 83.1 cm³/mol. The average molecular weight is 295 g/mol. The Kier molecular flexibility index (Phi) is 4.49. The number of amides is 1. The molecule has 2 rings (SSSR count). The quantitative estimate of drug-likeness (QED) is 0.932. The Balaban J connectivity index is 2.15. The van der Waals surface area contributed by atoms with Crippen LogP contribution in [-0.4, -0.2) is 34.9 Å². The summed E-state index contributed by atoms with van der Waals surface area (Å²) in [4.78, 5) is 20.0. The summed E-state index contributed by atoms with van der Waals surface area (Å²) >= 11 is 1.55. The molecule has 1 saturated heterocycles. The van der Waals surface area contributed by atoms with Gasteiger partial charge >= 0.3 is 0 Å². The molecular formula is C15H25N3OS. The van der Waals surface area contributed by atoms with Crippen LogP contribution in [0.2, 0.25) is 0 Å². The maximum absolute atomic E-state index is 12.7. The Bertz CT molecular complexity index is 495. The second kappa shape index (κ2) is 5.82. The van der Waals surface area contributed by atoms with Gasteiger partial charge < -0.3 is 10.6 Å². The van der Waals surface area contributed by atoms with Gasteiger partial charge in [0.2, 0.25) is 0 Å². The van der Waals surface area contributed by atoms with Crippen LogP contribution in [0, 0.1) is 12.3 Å². The van der Waals surface area contributed by atoms with Crippen LogP contribution in [0.25, 0.3) is 0 Å². The Morgan fingerprint density at radius 2 is 2.25 bits per heavy atom. The molecule has 1 aliphatic heterocycles. The molecule has 2 heterocycles. The summed E-state index contributed by atoms with van der Waals surface area (Å²) in [5, 5.41) is 1.07. The highest BCUT2D eigenvalue weighted by atomic mass is 32.1. The number of aryl methyl sites for hydroxylation is 2. The van der Waals surface area contributed by atoms with Crippen molar-refractivity contribution in [3.05, 3.63) is 15.6 Å². The molecule has 20 heavy (non-hydrogen) atoms. The van der Waals surface area contributed by atoms with Crippen molar-refractivity contribution in [2.24, 2.45) is 11.1 Å². The summed E-state index contributed by atoms with van der Waals surface area (Å²) < 4.78 is 0. The van der Waals surface area contributed by atoms with Crippen LogP contribution in [0.3, 0.4) is 0 Å². The summed E-state index contributed by atoms with van der Waals surface area (Å²) in [5.74, 6) is 0.127. The standard InChI is InChI=1S/C15H25N3OS/c1-5-6-12-17-10(2)13(20-12)14(19)18-8-7-11(16)15(3,4)9-18/h11H,5-9,16H2,1-4H3. The molecule has 5 heteroatoms. The van der Waals surface area contributed by atoms with Gasteiger partial charge in [-0.05, 0) is 31.6 Å². The van der Waals surface area contributed by atoms with Crippen molar-refractivity contribution in [1.29, 1.82) is 0 Å². The van der Waals surface area contributed by atoms with Crippen molar-refractivity contribution in [2.45, 2.75) is 53.0 Å². The molecule has 1 fully saturated rings. The SMILES string of the molecule is CCCc1nc(C)c(C(=O)N2CCC(N)C(C)(C)C2)s1. The summed E-state index contributed by atoms with van der Waals surface area (Å²) in [6.07, 6.45) is 2.89. The molecule has 0 radical (unpaired) electrons. The van der Waals surface area contributed by atoms with Crippen LogP contribution in [0.5, 0.6) is 0 Å². The van der Waals surface area contributed by atoms with E-state index < -0.39 is 0 Å². The highest BCUT2D eigenvalue weighted by molar-refractivity contribution is 7.13. The van der Waals surface area contributed by atoms with E-state index in [9.17, 15) is 4.79 Å². The van der Waals surface area contributed by atoms with E-state index in [2.05, 4.69) is 25.8 Å². The number of aromatic nitrogens is 1. The first-order valence-electron chi connectivity index (χ1n) is 7.36. The molecule has 1 amide bonds. The second-order valence-corrected chi connectivity index (χ2v) is 7.47. The number of hydrogen-bond acceptors (Lipinski definition) is 4. The third-order valence-electron chi connectivity index (χ3n) is 4.10. The minimum Gasteiger partial charge on any atom is -0.337 e. The molecule has 112 valence electrons. The van der Waals surface area contributed by atoms with Gasteiger partial charge in [-0.25, -0.2) is 4.98 Å². The van der Waals surface area contributed by atoms with E-state index in [1.54, 1.807) is 11.3 Å². The normalized spacial score (nSPS) is 22.1. The van der Waals surface area contributed by atoms with Crippen LogP contribution in [0.15, 0.2) is 0 Å². The Labute approximate surface area is 125 Å². The van der Waals surface area contributed by atoms with E-state index >= 15 is 0 Å². The minimum atomic E-state index is -0.0151. The van der Waals surface area contributed by atoms with Gasteiger partial charge in [-0.2, -0.15) is 0 Å². The fourth-order valence-corrected chi connectivity index (χ4v) is 3.80. The van der Waals surface area contributed by atoms with Gasteiger partial charge in [-0.1, -0.05) is 20.8 Å². The van der Waals surface area contributed by atoms with Crippen molar-refractivity contribution in [3.63, 3.8) is 0 Å². The number of nitrogens with two attached hydrogens (primary N) is 1. The smallest absolute Gasteiger partial charge is 0.265 e. The van der Waals surface area contributed by atoms with E-state index in [0.717, 1.165) is 47.9 Å². The summed E-state index contributed by atoms with van der Waals surface area (Å²) in [6, 6.07) is 0.171. The third kappa shape index (κ3) is 3.04. The second-order valence-electron chi connectivity index (χ2n) is 6.38. The van der Waals surface area contributed by atoms with Crippen molar-refractivity contribution < 1.29 is 4.79 Å². The summed E-state index contributed by atoms with van der Waals surface area (Å²) in [6.45, 7) is 9.83. The average Bonchev–Trinajstić information content (AvgIpc) is 2.73. The van der Waals surface area contributed by atoms with Gasteiger partial charge in [0, 0.05) is 19.1 Å². The lowest BCUT2D eigenvalue weighted by atomic mass is 9.79. The zero-order chi connectivity index (χ0) is 14.9. The molecular weight excluding hydrogens is 270 g/mol. The number of rotatable bonds is 3. The number of nitrogens with zero attached hydrogens (tertiary/aromatic N) is 2. The number of likely N-dealkylation sites (tertiary alicyclic amines) is 1. The Hall–Kier alpha value is -0.940. The minimum absolute atomic E-state index is 0.0151. The van der Waals surface area contributed by atoms with Gasteiger partial charge in [0.25, 0.3) is 5.91 Å². The van der Waals surface area contributed by atoms with Gasteiger partial charge in [-0.3, -0.25) is 4.79 Å². The summed E-state index contributed by atoms with van der Waals surface area (Å²) in [5.41, 5.74) is 7.00. The molecule has 4 nitrogen and oxygen atoms in total. The first kappa shape index (κ1) is 15.4. The van der Waals surface area contributed by atoms with Gasteiger partial charge in [-0.15, -0.1) is 11.3 Å². The molecule has 1 aliphatic rings. The van der Waals surface area contributed by atoms with Crippen molar-refractivity contribution in [1.82, 2.24) is 9.88 Å². The predicted octanol–water partition coefficient (Wildman–Crippen LogP) is 2.60. The maximum atomic E-state index is 12.7. The molecule has 1 unspecified atom stereocenters. The summed E-state index contributed by atoms with van der Waals surface area (Å²) in [7, 11) is 0. The van der Waals surface area contributed by atoms with E-state index in [-0.39, 0.29) is 17.4 Å². The molecule has 1 aromatic rings.